The van der Waals surface area contributed by atoms with E-state index >= 15 is 0 Å². The first-order valence-electron chi connectivity index (χ1n) is 6.98. The minimum atomic E-state index is 0.0733. The van der Waals surface area contributed by atoms with Crippen molar-refractivity contribution < 1.29 is 0 Å². The van der Waals surface area contributed by atoms with Crippen molar-refractivity contribution in [1.82, 2.24) is 4.90 Å². The van der Waals surface area contributed by atoms with Gasteiger partial charge in [0.15, 0.2) is 0 Å². The van der Waals surface area contributed by atoms with Gasteiger partial charge in [0.25, 0.3) is 0 Å². The summed E-state index contributed by atoms with van der Waals surface area (Å²) in [7, 11) is 0. The predicted octanol–water partition coefficient (Wildman–Crippen LogP) is 2.86. The molecular weight excluding hydrogens is 258 g/mol. The Morgan fingerprint density at radius 3 is 2.58 bits per heavy atom. The van der Waals surface area contributed by atoms with E-state index < -0.39 is 0 Å². The zero-order chi connectivity index (χ0) is 13.4. The number of amidine groups is 1. The maximum Gasteiger partial charge on any atom is 0.122 e. The average Bonchev–Trinajstić information content (AvgIpc) is 2.92. The van der Waals surface area contributed by atoms with Gasteiger partial charge in [0.2, 0.25) is 0 Å². The molecule has 4 heteroatoms. The smallest absolute Gasteiger partial charge is 0.122 e. The van der Waals surface area contributed by atoms with E-state index in [1.807, 2.05) is 12.1 Å². The number of nitrogens with two attached hydrogens (primary N) is 1. The van der Waals surface area contributed by atoms with E-state index in [4.69, 9.17) is 22.7 Å². The molecule has 3 N–H and O–H groups in total. The molecule has 1 saturated heterocycles. The van der Waals surface area contributed by atoms with Crippen molar-refractivity contribution in [3.63, 3.8) is 0 Å². The third-order valence-electron chi connectivity index (χ3n) is 4.56. The Morgan fingerprint density at radius 2 is 2.00 bits per heavy atom. The molecule has 2 atom stereocenters. The normalized spacial score (nSPS) is 26.6. The van der Waals surface area contributed by atoms with Crippen LogP contribution >= 0.6 is 11.6 Å². The summed E-state index contributed by atoms with van der Waals surface area (Å²) in [5, 5.41) is 8.15. The molecule has 0 aromatic heterocycles. The maximum atomic E-state index is 7.42. The summed E-state index contributed by atoms with van der Waals surface area (Å²) in [5.41, 5.74) is 7.32. The fraction of sp³-hybridized carbons (Fsp3) is 0.533. The molecule has 0 spiro atoms. The zero-order valence-corrected chi connectivity index (χ0v) is 11.8. The molecule has 0 bridgehead atoms. The number of nitrogens with zero attached hydrogens (tertiary/aromatic N) is 1. The second-order valence-electron chi connectivity index (χ2n) is 5.87. The van der Waals surface area contributed by atoms with Crippen LogP contribution in [0.4, 0.5) is 0 Å². The molecule has 102 valence electrons. The van der Waals surface area contributed by atoms with Crippen LogP contribution in [0.1, 0.15) is 30.4 Å². The van der Waals surface area contributed by atoms with Gasteiger partial charge in [-0.05, 0) is 36.3 Å². The third kappa shape index (κ3) is 2.63. The molecule has 1 aromatic carbocycles. The van der Waals surface area contributed by atoms with Crippen LogP contribution in [0.2, 0.25) is 5.02 Å². The highest BCUT2D eigenvalue weighted by atomic mass is 35.5. The van der Waals surface area contributed by atoms with Crippen LogP contribution in [0.15, 0.2) is 18.2 Å². The van der Waals surface area contributed by atoms with Gasteiger partial charge in [-0.2, -0.15) is 0 Å². The fourth-order valence-electron chi connectivity index (χ4n) is 3.55. The molecule has 3 nitrogen and oxygen atoms in total. The SMILES string of the molecule is N=C(N)c1ccc(CN2CC3CCCC3C2)c(Cl)c1. The molecule has 0 radical (unpaired) electrons. The highest BCUT2D eigenvalue weighted by Gasteiger charge is 2.35. The van der Waals surface area contributed by atoms with Gasteiger partial charge in [0, 0.05) is 30.2 Å². The number of nitrogen functional groups attached to an aromatic ring is 1. The van der Waals surface area contributed by atoms with Crippen molar-refractivity contribution in [2.45, 2.75) is 25.8 Å². The van der Waals surface area contributed by atoms with Gasteiger partial charge in [0.05, 0.1) is 0 Å². The quantitative estimate of drug-likeness (QED) is 0.659. The number of likely N-dealkylation sites (tertiary alicyclic amines) is 1. The van der Waals surface area contributed by atoms with Crippen LogP contribution in [-0.4, -0.2) is 23.8 Å². The second-order valence-corrected chi connectivity index (χ2v) is 6.27. The molecule has 2 aliphatic rings. The Kier molecular flexibility index (Phi) is 3.50. The predicted molar refractivity (Wildman–Crippen MR) is 78.6 cm³/mol. The van der Waals surface area contributed by atoms with Crippen LogP contribution in [0.25, 0.3) is 0 Å². The summed E-state index contributed by atoms with van der Waals surface area (Å²) in [5.74, 6) is 1.90. The summed E-state index contributed by atoms with van der Waals surface area (Å²) >= 11 is 6.29. The summed E-state index contributed by atoms with van der Waals surface area (Å²) in [6, 6.07) is 5.70. The number of halogens is 1. The zero-order valence-electron chi connectivity index (χ0n) is 11.0. The molecule has 2 fully saturated rings. The topological polar surface area (TPSA) is 53.1 Å². The van der Waals surface area contributed by atoms with E-state index in [1.54, 1.807) is 6.07 Å². The molecule has 1 aliphatic heterocycles. The molecule has 1 saturated carbocycles. The van der Waals surface area contributed by atoms with Gasteiger partial charge in [-0.3, -0.25) is 10.3 Å². The number of hydrogen-bond donors (Lipinski definition) is 2. The van der Waals surface area contributed by atoms with Crippen molar-refractivity contribution in [2.75, 3.05) is 13.1 Å². The number of hydrogen-bond acceptors (Lipinski definition) is 2. The minimum Gasteiger partial charge on any atom is -0.384 e. The molecule has 3 rings (SSSR count). The lowest BCUT2D eigenvalue weighted by Crippen LogP contribution is -2.21. The highest BCUT2D eigenvalue weighted by Crippen LogP contribution is 2.38. The van der Waals surface area contributed by atoms with Gasteiger partial charge < -0.3 is 5.73 Å². The lowest BCUT2D eigenvalue weighted by atomic mass is 10.0. The fourth-order valence-corrected chi connectivity index (χ4v) is 3.79. The molecule has 1 aliphatic carbocycles. The maximum absolute atomic E-state index is 7.42. The van der Waals surface area contributed by atoms with Crippen LogP contribution in [0.3, 0.4) is 0 Å². The van der Waals surface area contributed by atoms with Crippen LogP contribution in [-0.2, 0) is 6.54 Å². The van der Waals surface area contributed by atoms with Crippen LogP contribution in [0, 0.1) is 17.2 Å². The van der Waals surface area contributed by atoms with Gasteiger partial charge >= 0.3 is 0 Å². The number of fused-ring (bicyclic) bond motifs is 1. The van der Waals surface area contributed by atoms with E-state index in [1.165, 1.54) is 32.4 Å². The summed E-state index contributed by atoms with van der Waals surface area (Å²) in [6.45, 7) is 3.36. The standard InChI is InChI=1S/C15H20ClN3/c16-14-6-10(15(17)18)4-5-13(14)9-19-7-11-2-1-3-12(11)8-19/h4-6,11-12H,1-3,7-9H2,(H3,17,18). The minimum absolute atomic E-state index is 0.0733. The van der Waals surface area contributed by atoms with Crippen molar-refractivity contribution in [1.29, 1.82) is 5.41 Å². The van der Waals surface area contributed by atoms with Crippen molar-refractivity contribution in [3.05, 3.63) is 34.3 Å². The van der Waals surface area contributed by atoms with E-state index in [-0.39, 0.29) is 5.84 Å². The Labute approximate surface area is 119 Å². The Morgan fingerprint density at radius 1 is 1.32 bits per heavy atom. The second kappa shape index (κ2) is 5.14. The molecule has 2 unspecified atom stereocenters. The Balaban J connectivity index is 1.69. The van der Waals surface area contributed by atoms with E-state index in [2.05, 4.69) is 4.90 Å². The summed E-state index contributed by atoms with van der Waals surface area (Å²) in [4.78, 5) is 2.52. The molecule has 19 heavy (non-hydrogen) atoms. The van der Waals surface area contributed by atoms with Gasteiger partial charge in [-0.1, -0.05) is 30.2 Å². The lowest BCUT2D eigenvalue weighted by Gasteiger charge is -2.18. The van der Waals surface area contributed by atoms with Crippen LogP contribution < -0.4 is 5.73 Å². The monoisotopic (exact) mass is 277 g/mol. The number of nitrogens with one attached hydrogen (secondary N) is 1. The van der Waals surface area contributed by atoms with Crippen molar-refractivity contribution in [2.24, 2.45) is 17.6 Å². The molecule has 1 heterocycles. The van der Waals surface area contributed by atoms with Crippen molar-refractivity contribution >= 4 is 17.4 Å². The van der Waals surface area contributed by atoms with Crippen LogP contribution in [0.5, 0.6) is 0 Å². The first-order valence-corrected chi connectivity index (χ1v) is 7.36. The first-order chi connectivity index (χ1) is 9.13. The first kappa shape index (κ1) is 12.9. The Hall–Kier alpha value is -1.06. The van der Waals surface area contributed by atoms with E-state index in [9.17, 15) is 0 Å². The van der Waals surface area contributed by atoms with Crippen molar-refractivity contribution in [3.8, 4) is 0 Å². The molecular formula is C15H20ClN3. The summed E-state index contributed by atoms with van der Waals surface area (Å²) < 4.78 is 0. The molecule has 1 aromatic rings. The molecule has 0 amide bonds. The van der Waals surface area contributed by atoms with Gasteiger partial charge in [-0.25, -0.2) is 0 Å². The van der Waals surface area contributed by atoms with Gasteiger partial charge in [-0.15, -0.1) is 0 Å². The van der Waals surface area contributed by atoms with Gasteiger partial charge in [0.1, 0.15) is 5.84 Å². The summed E-state index contributed by atoms with van der Waals surface area (Å²) in [6.07, 6.45) is 4.22. The number of benzene rings is 1. The van der Waals surface area contributed by atoms with E-state index in [0.29, 0.717) is 5.56 Å². The largest absolute Gasteiger partial charge is 0.384 e. The Bertz CT molecular complexity index is 488. The highest BCUT2D eigenvalue weighted by molar-refractivity contribution is 6.31. The lowest BCUT2D eigenvalue weighted by molar-refractivity contribution is 0.303. The van der Waals surface area contributed by atoms with E-state index in [0.717, 1.165) is 29.0 Å². The third-order valence-corrected chi connectivity index (χ3v) is 4.91. The number of rotatable bonds is 3. The average molecular weight is 278 g/mol.